The van der Waals surface area contributed by atoms with Crippen LogP contribution in [-0.2, 0) is 4.79 Å². The van der Waals surface area contributed by atoms with Gasteiger partial charge in [0, 0.05) is 25.1 Å². The van der Waals surface area contributed by atoms with E-state index in [1.807, 2.05) is 55.1 Å². The van der Waals surface area contributed by atoms with E-state index in [0.29, 0.717) is 18.9 Å². The molecular weight excluding hydrogens is 340 g/mol. The lowest BCUT2D eigenvalue weighted by Gasteiger charge is -2.36. The van der Waals surface area contributed by atoms with Gasteiger partial charge in [-0.05, 0) is 51.9 Å². The average Bonchev–Trinajstić information content (AvgIpc) is 2.62. The summed E-state index contributed by atoms with van der Waals surface area (Å²) in [6.07, 6.45) is 1.66. The minimum atomic E-state index is -0.275. The van der Waals surface area contributed by atoms with Crippen LogP contribution in [0, 0.1) is 13.8 Å². The van der Waals surface area contributed by atoms with Crippen LogP contribution in [0.5, 0.6) is 0 Å². The Hall–Kier alpha value is -2.47. The molecule has 0 spiro atoms. The first-order chi connectivity index (χ1) is 12.9. The number of hydrogen-bond donors (Lipinski definition) is 1. The van der Waals surface area contributed by atoms with Gasteiger partial charge in [-0.3, -0.25) is 14.5 Å². The number of carbonyl (C=O) groups excluding carboxylic acids is 1. The number of rotatable bonds is 4. The van der Waals surface area contributed by atoms with Gasteiger partial charge in [0.05, 0.1) is 5.69 Å². The van der Waals surface area contributed by atoms with E-state index in [1.54, 1.807) is 13.0 Å². The first-order valence-corrected chi connectivity index (χ1v) is 9.45. The first kappa shape index (κ1) is 19.3. The van der Waals surface area contributed by atoms with Crippen molar-refractivity contribution < 1.29 is 4.79 Å². The van der Waals surface area contributed by atoms with Crippen LogP contribution in [0.3, 0.4) is 0 Å². The second kappa shape index (κ2) is 8.05. The third-order valence-electron chi connectivity index (χ3n) is 5.34. The van der Waals surface area contributed by atoms with E-state index in [2.05, 4.69) is 9.97 Å². The van der Waals surface area contributed by atoms with Gasteiger partial charge in [0.15, 0.2) is 0 Å². The summed E-state index contributed by atoms with van der Waals surface area (Å²) in [6, 6.07) is 9.38. The second-order valence-corrected chi connectivity index (χ2v) is 7.58. The number of aromatic nitrogens is 2. The summed E-state index contributed by atoms with van der Waals surface area (Å²) in [7, 11) is 3.90. The molecule has 1 N–H and O–H groups in total. The Kier molecular flexibility index (Phi) is 5.75. The summed E-state index contributed by atoms with van der Waals surface area (Å²) in [5.74, 6) is 1.01. The molecule has 6 nitrogen and oxygen atoms in total. The quantitative estimate of drug-likeness (QED) is 0.900. The van der Waals surface area contributed by atoms with Crippen molar-refractivity contribution in [2.75, 3.05) is 27.2 Å². The Morgan fingerprint density at radius 3 is 2.48 bits per heavy atom. The van der Waals surface area contributed by atoms with Gasteiger partial charge in [-0.2, -0.15) is 0 Å². The Morgan fingerprint density at radius 2 is 1.89 bits per heavy atom. The molecule has 1 amide bonds. The lowest BCUT2D eigenvalue weighted by molar-refractivity contribution is -0.137. The van der Waals surface area contributed by atoms with Gasteiger partial charge < -0.3 is 9.88 Å². The van der Waals surface area contributed by atoms with Crippen molar-refractivity contribution in [3.05, 3.63) is 63.3 Å². The Labute approximate surface area is 160 Å². The number of likely N-dealkylation sites (N-methyl/N-ethyl adjacent to an activating group) is 1. The molecule has 0 unspecified atom stereocenters. The van der Waals surface area contributed by atoms with Gasteiger partial charge in [0.1, 0.15) is 11.9 Å². The fraction of sp³-hybridized carbons (Fsp3) is 0.476. The molecule has 3 rings (SSSR count). The van der Waals surface area contributed by atoms with E-state index >= 15 is 0 Å². The number of aromatic amines is 1. The molecule has 6 heteroatoms. The molecule has 1 aromatic heterocycles. The van der Waals surface area contributed by atoms with Crippen LogP contribution < -0.4 is 5.56 Å². The number of likely N-dealkylation sites (tertiary alicyclic amines) is 1. The fourth-order valence-corrected chi connectivity index (χ4v) is 3.91. The highest BCUT2D eigenvalue weighted by molar-refractivity contribution is 5.83. The van der Waals surface area contributed by atoms with E-state index in [0.717, 1.165) is 29.7 Å². The van der Waals surface area contributed by atoms with Crippen LogP contribution >= 0.6 is 0 Å². The smallest absolute Gasteiger partial charge is 0.251 e. The highest BCUT2D eigenvalue weighted by Crippen LogP contribution is 2.30. The largest absolute Gasteiger partial charge is 0.341 e. The molecule has 1 aliphatic heterocycles. The molecule has 0 aliphatic carbocycles. The van der Waals surface area contributed by atoms with Crippen molar-refractivity contribution in [3.8, 4) is 0 Å². The van der Waals surface area contributed by atoms with Gasteiger partial charge in [0.2, 0.25) is 5.91 Å². The fourth-order valence-electron chi connectivity index (χ4n) is 3.91. The maximum atomic E-state index is 13.3. The standard InChI is InChI=1S/C21H28N4O2/c1-14-7-5-6-8-17(14)20(24(3)4)21(27)25-11-9-16(10-12-25)18-13-19(26)23-15(2)22-18/h5-8,13,16,20H,9-12H2,1-4H3,(H,22,23,26)/t20-/m1/s1. The van der Waals surface area contributed by atoms with Crippen LogP contribution in [-0.4, -0.2) is 52.9 Å². The van der Waals surface area contributed by atoms with Gasteiger partial charge in [-0.15, -0.1) is 0 Å². The monoisotopic (exact) mass is 368 g/mol. The second-order valence-electron chi connectivity index (χ2n) is 7.58. The molecule has 0 bridgehead atoms. The van der Waals surface area contributed by atoms with Crippen LogP contribution in [0.2, 0.25) is 0 Å². The van der Waals surface area contributed by atoms with E-state index in [9.17, 15) is 9.59 Å². The number of nitrogens with one attached hydrogen (secondary N) is 1. The lowest BCUT2D eigenvalue weighted by Crippen LogP contribution is -2.44. The highest BCUT2D eigenvalue weighted by Gasteiger charge is 2.32. The minimum Gasteiger partial charge on any atom is -0.341 e. The zero-order chi connectivity index (χ0) is 19.6. The van der Waals surface area contributed by atoms with Crippen molar-refractivity contribution in [1.82, 2.24) is 19.8 Å². The van der Waals surface area contributed by atoms with E-state index in [4.69, 9.17) is 0 Å². The predicted molar refractivity (Wildman–Crippen MR) is 106 cm³/mol. The molecule has 1 aromatic carbocycles. The summed E-state index contributed by atoms with van der Waals surface area (Å²) >= 11 is 0. The average molecular weight is 368 g/mol. The van der Waals surface area contributed by atoms with Crippen molar-refractivity contribution >= 4 is 5.91 Å². The lowest BCUT2D eigenvalue weighted by atomic mass is 9.92. The summed E-state index contributed by atoms with van der Waals surface area (Å²) in [4.78, 5) is 36.1. The topological polar surface area (TPSA) is 69.3 Å². The molecular formula is C21H28N4O2. The maximum Gasteiger partial charge on any atom is 0.251 e. The number of hydrogen-bond acceptors (Lipinski definition) is 4. The number of nitrogens with zero attached hydrogens (tertiary/aromatic N) is 3. The molecule has 2 heterocycles. The zero-order valence-electron chi connectivity index (χ0n) is 16.5. The van der Waals surface area contributed by atoms with Crippen LogP contribution in [0.1, 0.15) is 47.4 Å². The summed E-state index contributed by atoms with van der Waals surface area (Å²) in [5.41, 5.74) is 2.92. The van der Waals surface area contributed by atoms with Crippen molar-refractivity contribution in [3.63, 3.8) is 0 Å². The Morgan fingerprint density at radius 1 is 1.22 bits per heavy atom. The Bertz CT molecular complexity index is 866. The summed E-state index contributed by atoms with van der Waals surface area (Å²) < 4.78 is 0. The van der Waals surface area contributed by atoms with Crippen molar-refractivity contribution in [2.24, 2.45) is 0 Å². The molecule has 1 saturated heterocycles. The van der Waals surface area contributed by atoms with Crippen molar-refractivity contribution in [2.45, 2.75) is 38.6 Å². The molecule has 0 radical (unpaired) electrons. The highest BCUT2D eigenvalue weighted by atomic mass is 16.2. The molecule has 1 aliphatic rings. The van der Waals surface area contributed by atoms with E-state index in [1.165, 1.54) is 0 Å². The summed E-state index contributed by atoms with van der Waals surface area (Å²) in [5, 5.41) is 0. The zero-order valence-corrected chi connectivity index (χ0v) is 16.5. The number of aryl methyl sites for hydroxylation is 2. The van der Waals surface area contributed by atoms with Crippen molar-refractivity contribution in [1.29, 1.82) is 0 Å². The number of H-pyrrole nitrogens is 1. The van der Waals surface area contributed by atoms with Crippen LogP contribution in [0.4, 0.5) is 0 Å². The predicted octanol–water partition coefficient (Wildman–Crippen LogP) is 2.40. The molecule has 2 aromatic rings. The number of benzene rings is 1. The number of piperidine rings is 1. The SMILES string of the molecule is Cc1nc(C2CCN(C(=O)[C@@H](c3ccccc3C)N(C)C)CC2)cc(=O)[nH]1. The third kappa shape index (κ3) is 4.27. The van der Waals surface area contributed by atoms with Gasteiger partial charge in [-0.1, -0.05) is 24.3 Å². The van der Waals surface area contributed by atoms with Crippen LogP contribution in [0.25, 0.3) is 0 Å². The molecule has 27 heavy (non-hydrogen) atoms. The normalized spacial score (nSPS) is 16.6. The molecule has 0 saturated carbocycles. The van der Waals surface area contributed by atoms with Crippen LogP contribution in [0.15, 0.2) is 35.1 Å². The Balaban J connectivity index is 1.73. The van der Waals surface area contributed by atoms with Gasteiger partial charge >= 0.3 is 0 Å². The third-order valence-corrected chi connectivity index (χ3v) is 5.34. The maximum absolute atomic E-state index is 13.3. The number of amides is 1. The summed E-state index contributed by atoms with van der Waals surface area (Å²) in [6.45, 7) is 5.22. The molecule has 1 atom stereocenters. The molecule has 144 valence electrons. The van der Waals surface area contributed by atoms with Gasteiger partial charge in [-0.25, -0.2) is 4.98 Å². The van der Waals surface area contributed by atoms with E-state index in [-0.39, 0.29) is 23.4 Å². The molecule has 1 fully saturated rings. The van der Waals surface area contributed by atoms with E-state index < -0.39 is 0 Å². The number of carbonyl (C=O) groups is 1. The van der Waals surface area contributed by atoms with Gasteiger partial charge in [0.25, 0.3) is 5.56 Å². The minimum absolute atomic E-state index is 0.108. The first-order valence-electron chi connectivity index (χ1n) is 9.45.